The first-order valence-electron chi connectivity index (χ1n) is 4.30. The van der Waals surface area contributed by atoms with Crippen molar-refractivity contribution in [3.63, 3.8) is 0 Å². The van der Waals surface area contributed by atoms with Gasteiger partial charge in [-0.3, -0.25) is 9.78 Å². The number of anilines is 1. The first-order chi connectivity index (χ1) is 6.13. The lowest BCUT2D eigenvalue weighted by Gasteiger charge is -2.18. The van der Waals surface area contributed by atoms with E-state index in [4.69, 9.17) is 0 Å². The minimum atomic E-state index is 0.0187. The average molecular weight is 178 g/mol. The topological polar surface area (TPSA) is 33.2 Å². The third-order valence-electron chi connectivity index (χ3n) is 1.86. The second kappa shape index (κ2) is 4.03. The molecule has 70 valence electrons. The fraction of sp³-hybridized carbons (Fsp3) is 0.400. The molecule has 3 nitrogen and oxygen atoms in total. The van der Waals surface area contributed by atoms with E-state index in [1.54, 1.807) is 24.3 Å². The van der Waals surface area contributed by atoms with Crippen molar-refractivity contribution in [3.8, 4) is 0 Å². The highest BCUT2D eigenvalue weighted by Gasteiger charge is 2.13. The number of pyridine rings is 1. The molecule has 1 aromatic heterocycles. The Labute approximate surface area is 78.4 Å². The minimum Gasteiger partial charge on any atom is -0.314 e. The zero-order chi connectivity index (χ0) is 9.84. The zero-order valence-corrected chi connectivity index (χ0v) is 8.19. The Bertz CT molecular complexity index is 282. The molecule has 0 atom stereocenters. The van der Waals surface area contributed by atoms with Crippen LogP contribution in [0.15, 0.2) is 24.5 Å². The molecule has 0 aromatic carbocycles. The highest BCUT2D eigenvalue weighted by Crippen LogP contribution is 2.12. The lowest BCUT2D eigenvalue weighted by Crippen LogP contribution is -2.30. The van der Waals surface area contributed by atoms with Crippen molar-refractivity contribution in [2.45, 2.75) is 13.8 Å². The molecule has 13 heavy (non-hydrogen) atoms. The number of hydrogen-bond acceptors (Lipinski definition) is 2. The maximum atomic E-state index is 11.5. The molecule has 0 aliphatic heterocycles. The molecule has 0 aliphatic rings. The largest absolute Gasteiger partial charge is 0.314 e. The first-order valence-corrected chi connectivity index (χ1v) is 4.30. The van der Waals surface area contributed by atoms with Crippen LogP contribution in [0.1, 0.15) is 13.8 Å². The zero-order valence-electron chi connectivity index (χ0n) is 8.19. The van der Waals surface area contributed by atoms with Gasteiger partial charge in [0.25, 0.3) is 0 Å². The maximum absolute atomic E-state index is 11.5. The van der Waals surface area contributed by atoms with E-state index in [0.717, 1.165) is 5.69 Å². The monoisotopic (exact) mass is 178 g/mol. The molecule has 3 heteroatoms. The number of carbonyl (C=O) groups is 1. The van der Waals surface area contributed by atoms with Crippen molar-refractivity contribution in [1.82, 2.24) is 4.98 Å². The molecular formula is C10H14N2O. The predicted molar refractivity (Wildman–Crippen MR) is 52.5 cm³/mol. The Hall–Kier alpha value is -1.38. The third kappa shape index (κ3) is 2.28. The van der Waals surface area contributed by atoms with Crippen LogP contribution < -0.4 is 4.90 Å². The maximum Gasteiger partial charge on any atom is 0.229 e. The Morgan fingerprint density at radius 2 is 2.23 bits per heavy atom. The second-order valence-corrected chi connectivity index (χ2v) is 3.26. The Morgan fingerprint density at radius 3 is 2.69 bits per heavy atom. The lowest BCUT2D eigenvalue weighted by molar-refractivity contribution is -0.121. The van der Waals surface area contributed by atoms with Crippen LogP contribution in [-0.2, 0) is 4.79 Å². The van der Waals surface area contributed by atoms with E-state index < -0.39 is 0 Å². The van der Waals surface area contributed by atoms with Crippen LogP contribution >= 0.6 is 0 Å². The Balaban J connectivity index is 2.80. The number of nitrogens with zero attached hydrogens (tertiary/aromatic N) is 2. The van der Waals surface area contributed by atoms with Crippen LogP contribution in [0.5, 0.6) is 0 Å². The van der Waals surface area contributed by atoms with E-state index in [2.05, 4.69) is 4.98 Å². The molecule has 0 aliphatic carbocycles. The van der Waals surface area contributed by atoms with Gasteiger partial charge in [0.2, 0.25) is 5.91 Å². The van der Waals surface area contributed by atoms with Gasteiger partial charge in [-0.2, -0.15) is 0 Å². The van der Waals surface area contributed by atoms with Gasteiger partial charge in [0.05, 0.1) is 11.9 Å². The lowest BCUT2D eigenvalue weighted by atomic mass is 10.2. The Morgan fingerprint density at radius 1 is 1.54 bits per heavy atom. The van der Waals surface area contributed by atoms with Crippen molar-refractivity contribution in [2.75, 3.05) is 11.9 Å². The van der Waals surface area contributed by atoms with Gasteiger partial charge >= 0.3 is 0 Å². The molecule has 0 radical (unpaired) electrons. The van der Waals surface area contributed by atoms with Gasteiger partial charge < -0.3 is 4.90 Å². The highest BCUT2D eigenvalue weighted by atomic mass is 16.2. The number of carbonyl (C=O) groups excluding carboxylic acids is 1. The van der Waals surface area contributed by atoms with Crippen molar-refractivity contribution in [2.24, 2.45) is 5.92 Å². The number of hydrogen-bond donors (Lipinski definition) is 0. The molecule has 0 unspecified atom stereocenters. The summed E-state index contributed by atoms with van der Waals surface area (Å²) < 4.78 is 0. The summed E-state index contributed by atoms with van der Waals surface area (Å²) in [5, 5.41) is 0. The van der Waals surface area contributed by atoms with Gasteiger partial charge in [-0.25, -0.2) is 0 Å². The first kappa shape index (κ1) is 9.71. The molecule has 0 bridgehead atoms. The van der Waals surface area contributed by atoms with E-state index in [1.807, 2.05) is 26.0 Å². The van der Waals surface area contributed by atoms with Crippen LogP contribution in [0.4, 0.5) is 5.69 Å². The fourth-order valence-corrected chi connectivity index (χ4v) is 1.07. The summed E-state index contributed by atoms with van der Waals surface area (Å²) in [5.74, 6) is 0.123. The molecule has 0 spiro atoms. The summed E-state index contributed by atoms with van der Waals surface area (Å²) in [5.41, 5.74) is 0.834. The summed E-state index contributed by atoms with van der Waals surface area (Å²) in [7, 11) is 1.76. The summed E-state index contributed by atoms with van der Waals surface area (Å²) in [6, 6.07) is 3.69. The van der Waals surface area contributed by atoms with Crippen molar-refractivity contribution < 1.29 is 4.79 Å². The van der Waals surface area contributed by atoms with E-state index in [-0.39, 0.29) is 11.8 Å². The summed E-state index contributed by atoms with van der Waals surface area (Å²) in [6.45, 7) is 3.77. The van der Waals surface area contributed by atoms with Gasteiger partial charge in [-0.1, -0.05) is 13.8 Å². The molecule has 0 saturated carbocycles. The van der Waals surface area contributed by atoms with Crippen LogP contribution in [-0.4, -0.2) is 17.9 Å². The summed E-state index contributed by atoms with van der Waals surface area (Å²) >= 11 is 0. The molecule has 1 aromatic rings. The normalized spacial score (nSPS) is 10.2. The van der Waals surface area contributed by atoms with Gasteiger partial charge in [-0.15, -0.1) is 0 Å². The fourth-order valence-electron chi connectivity index (χ4n) is 1.07. The standard InChI is InChI=1S/C10H14N2O/c1-8(2)10(13)12(3)9-5-4-6-11-7-9/h4-8H,1-3H3. The number of amides is 1. The molecule has 1 amide bonds. The van der Waals surface area contributed by atoms with E-state index in [1.165, 1.54) is 0 Å². The Kier molecular flexibility index (Phi) is 3.01. The van der Waals surface area contributed by atoms with Gasteiger partial charge in [-0.05, 0) is 12.1 Å². The SMILES string of the molecule is CC(C)C(=O)N(C)c1cccnc1. The predicted octanol–water partition coefficient (Wildman–Crippen LogP) is 1.70. The number of aromatic nitrogens is 1. The van der Waals surface area contributed by atoms with Crippen LogP contribution in [0.3, 0.4) is 0 Å². The quantitative estimate of drug-likeness (QED) is 0.690. The van der Waals surface area contributed by atoms with E-state index in [0.29, 0.717) is 0 Å². The molecule has 1 rings (SSSR count). The highest BCUT2D eigenvalue weighted by molar-refractivity contribution is 5.93. The van der Waals surface area contributed by atoms with Crippen molar-refractivity contribution in [1.29, 1.82) is 0 Å². The molecule has 1 heterocycles. The molecule has 0 saturated heterocycles. The summed E-state index contributed by atoms with van der Waals surface area (Å²) in [4.78, 5) is 17.1. The average Bonchev–Trinajstić information content (AvgIpc) is 2.17. The molecule has 0 N–H and O–H groups in total. The smallest absolute Gasteiger partial charge is 0.229 e. The van der Waals surface area contributed by atoms with Crippen LogP contribution in [0.25, 0.3) is 0 Å². The van der Waals surface area contributed by atoms with Gasteiger partial charge in [0, 0.05) is 19.2 Å². The van der Waals surface area contributed by atoms with E-state index in [9.17, 15) is 4.79 Å². The molecular weight excluding hydrogens is 164 g/mol. The van der Waals surface area contributed by atoms with Crippen molar-refractivity contribution >= 4 is 11.6 Å². The second-order valence-electron chi connectivity index (χ2n) is 3.26. The third-order valence-corrected chi connectivity index (χ3v) is 1.86. The van der Waals surface area contributed by atoms with Crippen LogP contribution in [0.2, 0.25) is 0 Å². The van der Waals surface area contributed by atoms with Gasteiger partial charge in [0.1, 0.15) is 0 Å². The van der Waals surface area contributed by atoms with E-state index >= 15 is 0 Å². The van der Waals surface area contributed by atoms with Crippen LogP contribution in [0, 0.1) is 5.92 Å². The van der Waals surface area contributed by atoms with Crippen molar-refractivity contribution in [3.05, 3.63) is 24.5 Å². The van der Waals surface area contributed by atoms with Gasteiger partial charge in [0.15, 0.2) is 0 Å². The minimum absolute atomic E-state index is 0.0187. The molecule has 0 fully saturated rings. The summed E-state index contributed by atoms with van der Waals surface area (Å²) in [6.07, 6.45) is 3.37. The number of rotatable bonds is 2.